The molecule has 2 rings (SSSR count). The van der Waals surface area contributed by atoms with Crippen molar-refractivity contribution in [3.63, 3.8) is 0 Å². The number of thiazole rings is 1. The molecule has 114 valence electrons. The van der Waals surface area contributed by atoms with Gasteiger partial charge in [-0.3, -0.25) is 0 Å². The van der Waals surface area contributed by atoms with Crippen LogP contribution in [0.2, 0.25) is 0 Å². The van der Waals surface area contributed by atoms with Gasteiger partial charge in [-0.25, -0.2) is 4.98 Å². The lowest BCUT2D eigenvalue weighted by Crippen LogP contribution is -2.51. The summed E-state index contributed by atoms with van der Waals surface area (Å²) in [5.41, 5.74) is 0. The molecule has 6 nitrogen and oxygen atoms in total. The lowest BCUT2D eigenvalue weighted by atomic mass is 10.1. The van der Waals surface area contributed by atoms with Crippen LogP contribution in [0.4, 0.5) is 0 Å². The topological polar surface area (TPSA) is 74.3 Å². The molecule has 1 fully saturated rings. The number of rotatable bonds is 6. The standard InChI is InChI=1S/C12H22N4O2S2/c1-10-7-14-12(19-10)9-15-20(17,18)16-6-4-3-5-11(16)8-13-2/h7,11,13,15H,3-6,8-9H2,1-2H3. The summed E-state index contributed by atoms with van der Waals surface area (Å²) in [5.74, 6) is 0. The van der Waals surface area contributed by atoms with Gasteiger partial charge in [0, 0.05) is 30.2 Å². The Hall–Kier alpha value is -0.540. The molecule has 0 radical (unpaired) electrons. The Labute approximate surface area is 124 Å². The van der Waals surface area contributed by atoms with Gasteiger partial charge < -0.3 is 5.32 Å². The smallest absolute Gasteiger partial charge is 0.280 e. The number of hydrogen-bond donors (Lipinski definition) is 2. The van der Waals surface area contributed by atoms with E-state index in [9.17, 15) is 8.42 Å². The zero-order chi connectivity index (χ0) is 14.6. The van der Waals surface area contributed by atoms with E-state index in [1.807, 2.05) is 14.0 Å². The van der Waals surface area contributed by atoms with Crippen molar-refractivity contribution >= 4 is 21.5 Å². The molecule has 2 heterocycles. The lowest BCUT2D eigenvalue weighted by Gasteiger charge is -2.34. The van der Waals surface area contributed by atoms with Gasteiger partial charge in [0.25, 0.3) is 10.2 Å². The van der Waals surface area contributed by atoms with Crippen LogP contribution in [-0.4, -0.2) is 43.9 Å². The van der Waals surface area contributed by atoms with Gasteiger partial charge in [-0.2, -0.15) is 17.4 Å². The Morgan fingerprint density at radius 1 is 1.50 bits per heavy atom. The molecule has 1 unspecified atom stereocenters. The number of aryl methyl sites for hydroxylation is 1. The van der Waals surface area contributed by atoms with Crippen LogP contribution in [0.3, 0.4) is 0 Å². The molecule has 0 amide bonds. The van der Waals surface area contributed by atoms with Crippen LogP contribution in [0.5, 0.6) is 0 Å². The second-order valence-electron chi connectivity index (χ2n) is 5.01. The van der Waals surface area contributed by atoms with Crippen molar-refractivity contribution in [2.75, 3.05) is 20.1 Å². The minimum atomic E-state index is -3.43. The number of piperidine rings is 1. The summed E-state index contributed by atoms with van der Waals surface area (Å²) in [7, 11) is -1.58. The fraction of sp³-hybridized carbons (Fsp3) is 0.750. The first-order valence-corrected chi connectivity index (χ1v) is 9.11. The average molecular weight is 318 g/mol. The van der Waals surface area contributed by atoms with Crippen molar-refractivity contribution in [1.29, 1.82) is 0 Å². The van der Waals surface area contributed by atoms with Gasteiger partial charge in [-0.15, -0.1) is 11.3 Å². The Balaban J connectivity index is 2.00. The van der Waals surface area contributed by atoms with Gasteiger partial charge in [0.2, 0.25) is 0 Å². The van der Waals surface area contributed by atoms with E-state index in [0.717, 1.165) is 29.1 Å². The Bertz CT molecular complexity index is 527. The predicted molar refractivity (Wildman–Crippen MR) is 80.9 cm³/mol. The molecule has 1 atom stereocenters. The summed E-state index contributed by atoms with van der Waals surface area (Å²) in [6.45, 7) is 3.52. The lowest BCUT2D eigenvalue weighted by molar-refractivity contribution is 0.246. The van der Waals surface area contributed by atoms with Crippen molar-refractivity contribution in [2.45, 2.75) is 38.8 Å². The normalized spacial score (nSPS) is 21.2. The van der Waals surface area contributed by atoms with E-state index in [2.05, 4.69) is 15.0 Å². The third-order valence-electron chi connectivity index (χ3n) is 3.40. The van der Waals surface area contributed by atoms with Gasteiger partial charge in [-0.05, 0) is 26.8 Å². The van der Waals surface area contributed by atoms with E-state index in [0.29, 0.717) is 13.1 Å². The summed E-state index contributed by atoms with van der Waals surface area (Å²) in [4.78, 5) is 5.27. The summed E-state index contributed by atoms with van der Waals surface area (Å²) >= 11 is 1.52. The van der Waals surface area contributed by atoms with Crippen molar-refractivity contribution in [3.05, 3.63) is 16.1 Å². The van der Waals surface area contributed by atoms with Crippen LogP contribution in [0, 0.1) is 6.92 Å². The monoisotopic (exact) mass is 318 g/mol. The first kappa shape index (κ1) is 15.8. The molecule has 8 heteroatoms. The van der Waals surface area contributed by atoms with Crippen LogP contribution < -0.4 is 10.0 Å². The molecule has 2 N–H and O–H groups in total. The van der Waals surface area contributed by atoms with Gasteiger partial charge in [0.05, 0.1) is 6.54 Å². The zero-order valence-electron chi connectivity index (χ0n) is 11.9. The van der Waals surface area contributed by atoms with Crippen molar-refractivity contribution in [1.82, 2.24) is 19.3 Å². The second kappa shape index (κ2) is 6.95. The summed E-state index contributed by atoms with van der Waals surface area (Å²) in [6, 6.07) is 0.0456. The molecule has 0 aromatic carbocycles. The van der Waals surface area contributed by atoms with Crippen LogP contribution in [-0.2, 0) is 16.8 Å². The van der Waals surface area contributed by atoms with E-state index in [4.69, 9.17) is 0 Å². The molecule has 20 heavy (non-hydrogen) atoms. The third kappa shape index (κ3) is 3.98. The van der Waals surface area contributed by atoms with E-state index in [1.54, 1.807) is 10.5 Å². The maximum absolute atomic E-state index is 12.4. The fourth-order valence-electron chi connectivity index (χ4n) is 2.45. The highest BCUT2D eigenvalue weighted by Gasteiger charge is 2.31. The number of nitrogens with one attached hydrogen (secondary N) is 2. The summed E-state index contributed by atoms with van der Waals surface area (Å²) in [5, 5.41) is 3.87. The first-order chi connectivity index (χ1) is 9.53. The number of likely N-dealkylation sites (N-methyl/N-ethyl adjacent to an activating group) is 1. The number of hydrogen-bond acceptors (Lipinski definition) is 5. The van der Waals surface area contributed by atoms with Crippen LogP contribution in [0.15, 0.2) is 6.20 Å². The van der Waals surface area contributed by atoms with Gasteiger partial charge in [0.15, 0.2) is 0 Å². The largest absolute Gasteiger partial charge is 0.318 e. The highest BCUT2D eigenvalue weighted by atomic mass is 32.2. The van der Waals surface area contributed by atoms with E-state index < -0.39 is 10.2 Å². The summed E-state index contributed by atoms with van der Waals surface area (Å²) in [6.07, 6.45) is 4.69. The maximum Gasteiger partial charge on any atom is 0.280 e. The molecule has 1 aliphatic rings. The van der Waals surface area contributed by atoms with Gasteiger partial charge in [-0.1, -0.05) is 6.42 Å². The van der Waals surface area contributed by atoms with Crippen LogP contribution in [0.1, 0.15) is 29.1 Å². The van der Waals surface area contributed by atoms with E-state index in [-0.39, 0.29) is 12.6 Å². The fourth-order valence-corrected chi connectivity index (χ4v) is 4.69. The molecule has 1 aromatic rings. The molecule has 0 bridgehead atoms. The molecule has 0 saturated carbocycles. The highest BCUT2D eigenvalue weighted by Crippen LogP contribution is 2.20. The Morgan fingerprint density at radius 2 is 2.30 bits per heavy atom. The zero-order valence-corrected chi connectivity index (χ0v) is 13.6. The van der Waals surface area contributed by atoms with E-state index >= 15 is 0 Å². The molecular formula is C12H22N4O2S2. The Kier molecular flexibility index (Phi) is 5.50. The minimum absolute atomic E-state index is 0.0456. The molecule has 1 aliphatic heterocycles. The summed E-state index contributed by atoms with van der Waals surface area (Å²) < 4.78 is 29.1. The SMILES string of the molecule is CNCC1CCCCN1S(=O)(=O)NCc1ncc(C)s1. The predicted octanol–water partition coefficient (Wildman–Crippen LogP) is 0.860. The minimum Gasteiger partial charge on any atom is -0.318 e. The molecule has 0 spiro atoms. The second-order valence-corrected chi connectivity index (χ2v) is 8.04. The van der Waals surface area contributed by atoms with Crippen molar-refractivity contribution in [2.24, 2.45) is 0 Å². The van der Waals surface area contributed by atoms with Gasteiger partial charge >= 0.3 is 0 Å². The average Bonchev–Trinajstić information content (AvgIpc) is 2.83. The van der Waals surface area contributed by atoms with Crippen molar-refractivity contribution < 1.29 is 8.42 Å². The van der Waals surface area contributed by atoms with Crippen molar-refractivity contribution in [3.8, 4) is 0 Å². The Morgan fingerprint density at radius 3 is 2.95 bits per heavy atom. The first-order valence-electron chi connectivity index (χ1n) is 6.85. The molecule has 0 aliphatic carbocycles. The van der Waals surface area contributed by atoms with Crippen LogP contribution >= 0.6 is 11.3 Å². The molecule has 1 saturated heterocycles. The third-order valence-corrected chi connectivity index (χ3v) is 5.92. The quantitative estimate of drug-likeness (QED) is 0.816. The van der Waals surface area contributed by atoms with Crippen LogP contribution in [0.25, 0.3) is 0 Å². The van der Waals surface area contributed by atoms with Gasteiger partial charge in [0.1, 0.15) is 5.01 Å². The number of aromatic nitrogens is 1. The van der Waals surface area contributed by atoms with E-state index in [1.165, 1.54) is 11.3 Å². The molecule has 1 aromatic heterocycles. The highest BCUT2D eigenvalue weighted by molar-refractivity contribution is 7.87. The maximum atomic E-state index is 12.4. The number of nitrogens with zero attached hydrogens (tertiary/aromatic N) is 2. The molecular weight excluding hydrogens is 296 g/mol.